The highest BCUT2D eigenvalue weighted by molar-refractivity contribution is 14.1. The second kappa shape index (κ2) is 3.26. The molecular weight excluding hydrogens is 277 g/mol. The topological polar surface area (TPSA) is 43.3 Å². The number of hydrogen-bond acceptors (Lipinski definition) is 2. The highest BCUT2D eigenvalue weighted by atomic mass is 127. The molecule has 2 heterocycles. The lowest BCUT2D eigenvalue weighted by atomic mass is 10.3. The minimum atomic E-state index is 0.573. The maximum atomic E-state index is 5.56. The molecule has 0 aliphatic rings. The summed E-state index contributed by atoms with van der Waals surface area (Å²) in [6.45, 7) is 2.58. The number of hydrogen-bond donors (Lipinski definition) is 1. The van der Waals surface area contributed by atoms with Gasteiger partial charge in [0.25, 0.3) is 0 Å². The average Bonchev–Trinajstić information content (AvgIpc) is 2.43. The zero-order valence-electron chi connectivity index (χ0n) is 7.29. The first-order valence-electron chi connectivity index (χ1n) is 4.05. The Balaban J connectivity index is 2.75. The lowest BCUT2D eigenvalue weighted by Crippen LogP contribution is -1.98. The quantitative estimate of drug-likeness (QED) is 0.811. The van der Waals surface area contributed by atoms with Gasteiger partial charge in [0.05, 0.1) is 5.69 Å². The predicted octanol–water partition coefficient (Wildman–Crippen LogP) is 1.71. The van der Waals surface area contributed by atoms with Crippen molar-refractivity contribution < 1.29 is 0 Å². The highest BCUT2D eigenvalue weighted by Gasteiger charge is 2.04. The van der Waals surface area contributed by atoms with Gasteiger partial charge in [0, 0.05) is 12.7 Å². The third kappa shape index (κ3) is 1.44. The van der Waals surface area contributed by atoms with Gasteiger partial charge in [-0.15, -0.1) is 0 Å². The van der Waals surface area contributed by atoms with Crippen LogP contribution in [0.2, 0.25) is 0 Å². The number of halogens is 1. The highest BCUT2D eigenvalue weighted by Crippen LogP contribution is 2.14. The normalized spacial score (nSPS) is 11.0. The Morgan fingerprint density at radius 1 is 1.54 bits per heavy atom. The van der Waals surface area contributed by atoms with Crippen LogP contribution in [0.5, 0.6) is 0 Å². The van der Waals surface area contributed by atoms with Crippen LogP contribution in [0.15, 0.2) is 18.3 Å². The van der Waals surface area contributed by atoms with Crippen LogP contribution < -0.4 is 5.73 Å². The number of nitrogens with two attached hydrogens (primary N) is 1. The van der Waals surface area contributed by atoms with Crippen LogP contribution in [0.4, 0.5) is 0 Å². The molecule has 13 heavy (non-hydrogen) atoms. The standard InChI is InChI=1S/C9H10IN3/c1-6-9(10)13-5-7(4-11)2-3-8(13)12-6/h2-3,5H,4,11H2,1H3. The largest absolute Gasteiger partial charge is 0.326 e. The zero-order chi connectivity index (χ0) is 9.42. The maximum Gasteiger partial charge on any atom is 0.137 e. The summed E-state index contributed by atoms with van der Waals surface area (Å²) in [7, 11) is 0. The van der Waals surface area contributed by atoms with Gasteiger partial charge in [-0.1, -0.05) is 6.07 Å². The third-order valence-electron chi connectivity index (χ3n) is 2.02. The van der Waals surface area contributed by atoms with Crippen LogP contribution in [-0.2, 0) is 6.54 Å². The fourth-order valence-corrected chi connectivity index (χ4v) is 1.81. The van der Waals surface area contributed by atoms with Crippen molar-refractivity contribution in [1.29, 1.82) is 0 Å². The van der Waals surface area contributed by atoms with Crippen molar-refractivity contribution in [1.82, 2.24) is 9.38 Å². The Kier molecular flexibility index (Phi) is 2.25. The van der Waals surface area contributed by atoms with Crippen molar-refractivity contribution >= 4 is 28.2 Å². The number of fused-ring (bicyclic) bond motifs is 1. The summed E-state index contributed by atoms with van der Waals surface area (Å²) in [5.74, 6) is 0. The molecule has 0 radical (unpaired) electrons. The number of imidazole rings is 1. The van der Waals surface area contributed by atoms with E-state index in [0.29, 0.717) is 6.54 Å². The van der Waals surface area contributed by atoms with E-state index in [2.05, 4.69) is 32.0 Å². The molecule has 0 aliphatic heterocycles. The van der Waals surface area contributed by atoms with E-state index in [1.807, 2.05) is 25.3 Å². The molecule has 0 bridgehead atoms. The lowest BCUT2D eigenvalue weighted by molar-refractivity contribution is 1.02. The van der Waals surface area contributed by atoms with Crippen molar-refractivity contribution in [2.75, 3.05) is 0 Å². The zero-order valence-corrected chi connectivity index (χ0v) is 9.45. The fraction of sp³-hybridized carbons (Fsp3) is 0.222. The molecule has 2 aromatic heterocycles. The van der Waals surface area contributed by atoms with Crippen molar-refractivity contribution in [2.45, 2.75) is 13.5 Å². The number of aryl methyl sites for hydroxylation is 1. The molecule has 0 aliphatic carbocycles. The van der Waals surface area contributed by atoms with Gasteiger partial charge >= 0.3 is 0 Å². The van der Waals surface area contributed by atoms with E-state index in [0.717, 1.165) is 20.6 Å². The van der Waals surface area contributed by atoms with E-state index >= 15 is 0 Å². The number of pyridine rings is 1. The molecule has 0 saturated carbocycles. The van der Waals surface area contributed by atoms with Gasteiger partial charge in [-0.2, -0.15) is 0 Å². The number of aromatic nitrogens is 2. The smallest absolute Gasteiger partial charge is 0.137 e. The van der Waals surface area contributed by atoms with E-state index in [-0.39, 0.29) is 0 Å². The summed E-state index contributed by atoms with van der Waals surface area (Å²) in [5.41, 5.74) is 8.74. The molecule has 2 N–H and O–H groups in total. The van der Waals surface area contributed by atoms with Crippen LogP contribution in [0.1, 0.15) is 11.3 Å². The minimum absolute atomic E-state index is 0.573. The second-order valence-corrected chi connectivity index (χ2v) is 3.98. The van der Waals surface area contributed by atoms with Gasteiger partial charge in [0.1, 0.15) is 9.35 Å². The number of nitrogens with zero attached hydrogens (tertiary/aromatic N) is 2. The van der Waals surface area contributed by atoms with Crippen molar-refractivity contribution in [2.24, 2.45) is 5.73 Å². The van der Waals surface area contributed by atoms with Crippen LogP contribution in [0.3, 0.4) is 0 Å². The van der Waals surface area contributed by atoms with Crippen LogP contribution in [0.25, 0.3) is 5.65 Å². The molecule has 0 aromatic carbocycles. The van der Waals surface area contributed by atoms with Crippen LogP contribution >= 0.6 is 22.6 Å². The summed E-state index contributed by atoms with van der Waals surface area (Å²) in [5, 5.41) is 0. The molecule has 0 atom stereocenters. The number of rotatable bonds is 1. The first-order valence-corrected chi connectivity index (χ1v) is 5.13. The van der Waals surface area contributed by atoms with Crippen LogP contribution in [0, 0.1) is 10.6 Å². The molecule has 3 nitrogen and oxygen atoms in total. The third-order valence-corrected chi connectivity index (χ3v) is 3.32. The average molecular weight is 287 g/mol. The molecule has 2 aromatic rings. The SMILES string of the molecule is Cc1nc2ccc(CN)cn2c1I. The van der Waals surface area contributed by atoms with Crippen molar-refractivity contribution in [3.63, 3.8) is 0 Å². The Morgan fingerprint density at radius 3 is 3.00 bits per heavy atom. The van der Waals surface area contributed by atoms with E-state index in [4.69, 9.17) is 5.73 Å². The lowest BCUT2D eigenvalue weighted by Gasteiger charge is -1.98. The van der Waals surface area contributed by atoms with Crippen molar-refractivity contribution in [3.8, 4) is 0 Å². The molecule has 4 heteroatoms. The molecular formula is C9H10IN3. The molecule has 2 rings (SSSR count). The Bertz CT molecular complexity index is 447. The first-order chi connectivity index (χ1) is 6.22. The summed E-state index contributed by atoms with van der Waals surface area (Å²) in [4.78, 5) is 4.40. The maximum absolute atomic E-state index is 5.56. The van der Waals surface area contributed by atoms with Crippen LogP contribution in [-0.4, -0.2) is 9.38 Å². The van der Waals surface area contributed by atoms with Gasteiger partial charge in [0.15, 0.2) is 0 Å². The summed E-state index contributed by atoms with van der Waals surface area (Å²) in [6, 6.07) is 4.01. The van der Waals surface area contributed by atoms with E-state index in [1.165, 1.54) is 0 Å². The molecule has 0 unspecified atom stereocenters. The molecule has 0 saturated heterocycles. The monoisotopic (exact) mass is 287 g/mol. The fourth-order valence-electron chi connectivity index (χ4n) is 1.30. The first kappa shape index (κ1) is 8.96. The molecule has 0 spiro atoms. The molecule has 0 amide bonds. The van der Waals surface area contributed by atoms with Gasteiger partial charge in [0.2, 0.25) is 0 Å². The van der Waals surface area contributed by atoms with Gasteiger partial charge in [-0.05, 0) is 41.1 Å². The molecule has 68 valence electrons. The Labute approximate surface area is 90.1 Å². The van der Waals surface area contributed by atoms with Gasteiger partial charge in [-0.3, -0.25) is 4.40 Å². The van der Waals surface area contributed by atoms with Gasteiger partial charge < -0.3 is 5.73 Å². The van der Waals surface area contributed by atoms with Crippen molar-refractivity contribution in [3.05, 3.63) is 33.3 Å². The van der Waals surface area contributed by atoms with E-state index < -0.39 is 0 Å². The summed E-state index contributed by atoms with van der Waals surface area (Å²) in [6.07, 6.45) is 2.04. The predicted molar refractivity (Wildman–Crippen MR) is 60.5 cm³/mol. The summed E-state index contributed by atoms with van der Waals surface area (Å²) >= 11 is 2.29. The second-order valence-electron chi connectivity index (χ2n) is 2.96. The Hall–Kier alpha value is -0.620. The Morgan fingerprint density at radius 2 is 2.31 bits per heavy atom. The minimum Gasteiger partial charge on any atom is -0.326 e. The van der Waals surface area contributed by atoms with E-state index in [9.17, 15) is 0 Å². The van der Waals surface area contributed by atoms with Gasteiger partial charge in [-0.25, -0.2) is 4.98 Å². The summed E-state index contributed by atoms with van der Waals surface area (Å²) < 4.78 is 3.22. The molecule has 0 fully saturated rings. The van der Waals surface area contributed by atoms with E-state index in [1.54, 1.807) is 0 Å².